The molecule has 5 heteroatoms. The zero-order valence-corrected chi connectivity index (χ0v) is 9.51. The maximum atomic E-state index is 11.3. The number of nitro groups is 1. The molecule has 0 N–H and O–H groups in total. The lowest BCUT2D eigenvalue weighted by Crippen LogP contribution is -2.24. The lowest BCUT2D eigenvalue weighted by molar-refractivity contribution is -0.385. The number of nitrogens with zero attached hydrogens (tertiary/aromatic N) is 1. The Bertz CT molecular complexity index is 466. The Hall–Kier alpha value is -1.91. The van der Waals surface area contributed by atoms with Crippen molar-refractivity contribution in [2.45, 2.75) is 32.3 Å². The molecule has 1 aliphatic rings. The molecule has 90 valence electrons. The molecule has 1 fully saturated rings. The number of Topliss-reactive ketones (excluding diaryl/α,β-unsaturated/α-hetero) is 1. The van der Waals surface area contributed by atoms with E-state index < -0.39 is 4.92 Å². The Labute approximate surface area is 98.5 Å². The van der Waals surface area contributed by atoms with Crippen LogP contribution in [-0.4, -0.2) is 16.8 Å². The number of carbonyl (C=O) groups excluding carboxylic acids is 1. The van der Waals surface area contributed by atoms with Crippen LogP contribution < -0.4 is 4.74 Å². The van der Waals surface area contributed by atoms with Crippen LogP contribution in [-0.2, 0) is 0 Å². The maximum Gasteiger partial charge on any atom is 0.280 e. The molecular formula is C12H13NO4. The van der Waals surface area contributed by atoms with Crippen molar-refractivity contribution in [2.75, 3.05) is 0 Å². The first-order valence-electron chi connectivity index (χ1n) is 5.54. The van der Waals surface area contributed by atoms with Crippen molar-refractivity contribution in [3.8, 4) is 5.75 Å². The van der Waals surface area contributed by atoms with Crippen molar-refractivity contribution in [1.29, 1.82) is 0 Å². The van der Waals surface area contributed by atoms with Gasteiger partial charge in [0.25, 0.3) is 5.69 Å². The Morgan fingerprint density at radius 3 is 2.65 bits per heavy atom. The first-order chi connectivity index (χ1) is 8.08. The molecule has 0 spiro atoms. The number of rotatable bonds is 4. The molecule has 0 aliphatic heterocycles. The van der Waals surface area contributed by atoms with Crippen LogP contribution >= 0.6 is 0 Å². The van der Waals surface area contributed by atoms with Gasteiger partial charge in [0.05, 0.1) is 16.6 Å². The van der Waals surface area contributed by atoms with Crippen molar-refractivity contribution < 1.29 is 14.5 Å². The highest BCUT2D eigenvalue weighted by Gasteiger charge is 2.22. The van der Waals surface area contributed by atoms with E-state index in [4.69, 9.17) is 4.74 Å². The van der Waals surface area contributed by atoms with E-state index >= 15 is 0 Å². The molecule has 0 radical (unpaired) electrons. The van der Waals surface area contributed by atoms with Crippen molar-refractivity contribution in [2.24, 2.45) is 0 Å². The van der Waals surface area contributed by atoms with Gasteiger partial charge in [-0.1, -0.05) is 0 Å². The summed E-state index contributed by atoms with van der Waals surface area (Å²) in [4.78, 5) is 21.5. The number of hydrogen-bond acceptors (Lipinski definition) is 4. The Balaban J connectivity index is 2.27. The largest absolute Gasteiger partial charge is 0.490 e. The van der Waals surface area contributed by atoms with Crippen molar-refractivity contribution in [3.05, 3.63) is 33.9 Å². The first-order valence-corrected chi connectivity index (χ1v) is 5.54. The third kappa shape index (κ3) is 2.43. The van der Waals surface area contributed by atoms with Gasteiger partial charge in [-0.2, -0.15) is 0 Å². The SMILES string of the molecule is CC(=O)c1cc(OC2CCC2)ccc1[N+](=O)[O-]. The van der Waals surface area contributed by atoms with Crippen LogP contribution in [0.4, 0.5) is 5.69 Å². The number of benzene rings is 1. The molecule has 5 nitrogen and oxygen atoms in total. The molecule has 0 atom stereocenters. The van der Waals surface area contributed by atoms with Gasteiger partial charge in [-0.05, 0) is 38.3 Å². The second kappa shape index (κ2) is 4.53. The average molecular weight is 235 g/mol. The van der Waals surface area contributed by atoms with E-state index in [-0.39, 0.29) is 23.1 Å². The second-order valence-corrected chi connectivity index (χ2v) is 4.16. The fourth-order valence-corrected chi connectivity index (χ4v) is 1.71. The molecule has 0 bridgehead atoms. The molecule has 0 heterocycles. The molecule has 0 saturated heterocycles. The first kappa shape index (κ1) is 11.6. The van der Waals surface area contributed by atoms with Gasteiger partial charge < -0.3 is 4.74 Å². The Morgan fingerprint density at radius 2 is 2.18 bits per heavy atom. The molecule has 0 aromatic heterocycles. The van der Waals surface area contributed by atoms with Crippen molar-refractivity contribution >= 4 is 11.5 Å². The number of ether oxygens (including phenoxy) is 1. The molecule has 17 heavy (non-hydrogen) atoms. The molecular weight excluding hydrogens is 222 g/mol. The highest BCUT2D eigenvalue weighted by Crippen LogP contribution is 2.29. The van der Waals surface area contributed by atoms with Gasteiger partial charge in [-0.15, -0.1) is 0 Å². The minimum Gasteiger partial charge on any atom is -0.490 e. The minimum absolute atomic E-state index is 0.104. The summed E-state index contributed by atoms with van der Waals surface area (Å²) in [6.07, 6.45) is 3.35. The second-order valence-electron chi connectivity index (χ2n) is 4.16. The fourth-order valence-electron chi connectivity index (χ4n) is 1.71. The van der Waals surface area contributed by atoms with Gasteiger partial charge in [0.1, 0.15) is 5.75 Å². The Kier molecular flexibility index (Phi) is 3.08. The topological polar surface area (TPSA) is 69.4 Å². The summed E-state index contributed by atoms with van der Waals surface area (Å²) in [7, 11) is 0. The van der Waals surface area contributed by atoms with E-state index in [0.29, 0.717) is 5.75 Å². The predicted molar refractivity (Wildman–Crippen MR) is 61.4 cm³/mol. The van der Waals surface area contributed by atoms with E-state index in [0.717, 1.165) is 19.3 Å². The molecule has 0 unspecified atom stereocenters. The normalized spacial score (nSPS) is 15.1. The van der Waals surface area contributed by atoms with Gasteiger partial charge in [-0.25, -0.2) is 0 Å². The summed E-state index contributed by atoms with van der Waals surface area (Å²) in [5.74, 6) is 0.209. The molecule has 1 aromatic rings. The van der Waals surface area contributed by atoms with Crippen LogP contribution in [0.15, 0.2) is 18.2 Å². The summed E-state index contributed by atoms with van der Waals surface area (Å²) in [6.45, 7) is 1.31. The zero-order chi connectivity index (χ0) is 12.4. The predicted octanol–water partition coefficient (Wildman–Crippen LogP) is 2.73. The van der Waals surface area contributed by atoms with Gasteiger partial charge in [0.2, 0.25) is 0 Å². The molecule has 1 aromatic carbocycles. The quantitative estimate of drug-likeness (QED) is 0.457. The molecule has 0 amide bonds. The van der Waals surface area contributed by atoms with E-state index in [2.05, 4.69) is 0 Å². The number of nitro benzene ring substituents is 1. The highest BCUT2D eigenvalue weighted by molar-refractivity contribution is 5.98. The summed E-state index contributed by atoms with van der Waals surface area (Å²) in [6, 6.07) is 4.33. The van der Waals surface area contributed by atoms with Gasteiger partial charge in [-0.3, -0.25) is 14.9 Å². The number of ketones is 1. The third-order valence-corrected chi connectivity index (χ3v) is 2.90. The van der Waals surface area contributed by atoms with Crippen LogP contribution in [0.25, 0.3) is 0 Å². The van der Waals surface area contributed by atoms with Gasteiger partial charge in [0, 0.05) is 6.07 Å². The summed E-state index contributed by atoms with van der Waals surface area (Å²) < 4.78 is 5.60. The summed E-state index contributed by atoms with van der Waals surface area (Å²) in [5, 5.41) is 10.7. The van der Waals surface area contributed by atoms with Crippen molar-refractivity contribution in [3.63, 3.8) is 0 Å². The van der Waals surface area contributed by atoms with Crippen LogP contribution in [0, 0.1) is 10.1 Å². The molecule has 2 rings (SSSR count). The van der Waals surface area contributed by atoms with Crippen LogP contribution in [0.2, 0.25) is 0 Å². The average Bonchev–Trinajstić information content (AvgIpc) is 2.23. The van der Waals surface area contributed by atoms with Gasteiger partial charge >= 0.3 is 0 Å². The number of hydrogen-bond donors (Lipinski definition) is 0. The van der Waals surface area contributed by atoms with Crippen LogP contribution in [0.3, 0.4) is 0 Å². The minimum atomic E-state index is -0.552. The van der Waals surface area contributed by atoms with E-state index in [9.17, 15) is 14.9 Å². The molecule has 1 saturated carbocycles. The van der Waals surface area contributed by atoms with Crippen LogP contribution in [0.5, 0.6) is 5.75 Å². The lowest BCUT2D eigenvalue weighted by atomic mass is 9.96. The van der Waals surface area contributed by atoms with E-state index in [1.807, 2.05) is 0 Å². The smallest absolute Gasteiger partial charge is 0.280 e. The van der Waals surface area contributed by atoms with E-state index in [1.54, 1.807) is 6.07 Å². The lowest BCUT2D eigenvalue weighted by Gasteiger charge is -2.26. The zero-order valence-electron chi connectivity index (χ0n) is 9.51. The summed E-state index contributed by atoms with van der Waals surface area (Å²) in [5.41, 5.74) is -0.0646. The van der Waals surface area contributed by atoms with E-state index in [1.165, 1.54) is 19.1 Å². The monoisotopic (exact) mass is 235 g/mol. The summed E-state index contributed by atoms with van der Waals surface area (Å²) >= 11 is 0. The fraction of sp³-hybridized carbons (Fsp3) is 0.417. The Morgan fingerprint density at radius 1 is 1.47 bits per heavy atom. The molecule has 1 aliphatic carbocycles. The number of carbonyl (C=O) groups is 1. The van der Waals surface area contributed by atoms with Gasteiger partial charge in [0.15, 0.2) is 5.78 Å². The van der Waals surface area contributed by atoms with Crippen molar-refractivity contribution in [1.82, 2.24) is 0 Å². The highest BCUT2D eigenvalue weighted by atomic mass is 16.6. The standard InChI is InChI=1S/C12H13NO4/c1-8(14)11-7-10(17-9-3-2-4-9)5-6-12(11)13(15)16/h5-7,9H,2-4H2,1H3. The maximum absolute atomic E-state index is 11.3. The van der Waals surface area contributed by atoms with Crippen LogP contribution in [0.1, 0.15) is 36.5 Å². The third-order valence-electron chi connectivity index (χ3n) is 2.90.